The summed E-state index contributed by atoms with van der Waals surface area (Å²) in [5.41, 5.74) is 3.72. The van der Waals surface area contributed by atoms with Crippen molar-refractivity contribution in [2.24, 2.45) is 0 Å². The third kappa shape index (κ3) is 1.20. The average molecular weight is 162 g/mol. The SMILES string of the molecule is Cc1cc(O)c2c(c1)CCCC2. The van der Waals surface area contributed by atoms with Crippen LogP contribution >= 0.6 is 0 Å². The number of rotatable bonds is 0. The number of aromatic hydroxyl groups is 1. The van der Waals surface area contributed by atoms with E-state index in [1.165, 1.54) is 29.5 Å². The molecule has 1 N–H and O–H groups in total. The molecule has 2 rings (SSSR count). The van der Waals surface area contributed by atoms with Crippen LogP contribution in [0.15, 0.2) is 12.1 Å². The minimum atomic E-state index is 0.504. The third-order valence-electron chi connectivity index (χ3n) is 2.59. The number of hydrogen-bond acceptors (Lipinski definition) is 1. The van der Waals surface area contributed by atoms with Gasteiger partial charge in [0, 0.05) is 0 Å². The fourth-order valence-corrected chi connectivity index (χ4v) is 2.00. The van der Waals surface area contributed by atoms with Gasteiger partial charge < -0.3 is 5.11 Å². The van der Waals surface area contributed by atoms with Gasteiger partial charge in [-0.2, -0.15) is 0 Å². The number of fused-ring (bicyclic) bond motifs is 1. The Morgan fingerprint density at radius 1 is 1.17 bits per heavy atom. The molecule has 1 nitrogen and oxygen atoms in total. The predicted octanol–water partition coefficient (Wildman–Crippen LogP) is 2.58. The molecule has 1 aliphatic rings. The maximum Gasteiger partial charge on any atom is 0.119 e. The highest BCUT2D eigenvalue weighted by Gasteiger charge is 2.12. The standard InChI is InChI=1S/C11H14O/c1-8-6-9-4-2-3-5-10(9)11(12)7-8/h6-7,12H,2-5H2,1H3. The summed E-state index contributed by atoms with van der Waals surface area (Å²) in [4.78, 5) is 0. The lowest BCUT2D eigenvalue weighted by Gasteiger charge is -2.17. The second kappa shape index (κ2) is 2.81. The normalized spacial score (nSPS) is 15.8. The Labute approximate surface area is 73.0 Å². The van der Waals surface area contributed by atoms with Gasteiger partial charge in [-0.15, -0.1) is 0 Å². The van der Waals surface area contributed by atoms with E-state index in [0.29, 0.717) is 5.75 Å². The summed E-state index contributed by atoms with van der Waals surface area (Å²) >= 11 is 0. The van der Waals surface area contributed by atoms with Crippen molar-refractivity contribution in [3.8, 4) is 5.75 Å². The first-order valence-corrected chi connectivity index (χ1v) is 4.59. The lowest BCUT2D eigenvalue weighted by Crippen LogP contribution is -2.02. The van der Waals surface area contributed by atoms with E-state index in [4.69, 9.17) is 0 Å². The molecule has 64 valence electrons. The summed E-state index contributed by atoms with van der Waals surface area (Å²) in [5.74, 6) is 0.504. The highest BCUT2D eigenvalue weighted by atomic mass is 16.3. The second-order valence-corrected chi connectivity index (χ2v) is 3.63. The van der Waals surface area contributed by atoms with Gasteiger partial charge in [0.2, 0.25) is 0 Å². The molecule has 0 unspecified atom stereocenters. The maximum absolute atomic E-state index is 9.64. The molecule has 0 heterocycles. The predicted molar refractivity (Wildman–Crippen MR) is 49.5 cm³/mol. The van der Waals surface area contributed by atoms with Crippen molar-refractivity contribution in [2.45, 2.75) is 32.6 Å². The van der Waals surface area contributed by atoms with Crippen LogP contribution < -0.4 is 0 Å². The van der Waals surface area contributed by atoms with E-state index in [1.807, 2.05) is 13.0 Å². The molecule has 0 radical (unpaired) electrons. The first kappa shape index (κ1) is 7.66. The topological polar surface area (TPSA) is 20.2 Å². The van der Waals surface area contributed by atoms with Crippen LogP contribution in [-0.4, -0.2) is 5.11 Å². The number of aryl methyl sites for hydroxylation is 2. The first-order valence-electron chi connectivity index (χ1n) is 4.59. The molecule has 1 heteroatoms. The molecular weight excluding hydrogens is 148 g/mol. The Balaban J connectivity index is 2.53. The minimum absolute atomic E-state index is 0.504. The molecule has 1 aromatic rings. The van der Waals surface area contributed by atoms with Crippen LogP contribution in [-0.2, 0) is 12.8 Å². The Hall–Kier alpha value is -0.980. The van der Waals surface area contributed by atoms with E-state index in [9.17, 15) is 5.11 Å². The smallest absolute Gasteiger partial charge is 0.119 e. The van der Waals surface area contributed by atoms with Gasteiger partial charge in [-0.3, -0.25) is 0 Å². The molecule has 0 fully saturated rings. The van der Waals surface area contributed by atoms with Crippen molar-refractivity contribution in [1.82, 2.24) is 0 Å². The van der Waals surface area contributed by atoms with Crippen molar-refractivity contribution in [1.29, 1.82) is 0 Å². The van der Waals surface area contributed by atoms with Crippen LogP contribution in [0.4, 0.5) is 0 Å². The second-order valence-electron chi connectivity index (χ2n) is 3.63. The van der Waals surface area contributed by atoms with Gasteiger partial charge in [0.25, 0.3) is 0 Å². The van der Waals surface area contributed by atoms with Gasteiger partial charge in [0.1, 0.15) is 5.75 Å². The Morgan fingerprint density at radius 2 is 1.92 bits per heavy atom. The maximum atomic E-state index is 9.64. The molecule has 0 spiro atoms. The Bertz CT molecular complexity index is 302. The van der Waals surface area contributed by atoms with E-state index in [-0.39, 0.29) is 0 Å². The van der Waals surface area contributed by atoms with Crippen LogP contribution in [0.5, 0.6) is 5.75 Å². The summed E-state index contributed by atoms with van der Waals surface area (Å²) in [6.45, 7) is 2.04. The molecule has 0 aliphatic heterocycles. The summed E-state index contributed by atoms with van der Waals surface area (Å²) in [6, 6.07) is 4.07. The first-order chi connectivity index (χ1) is 5.77. The molecule has 1 aliphatic carbocycles. The van der Waals surface area contributed by atoms with Crippen molar-refractivity contribution < 1.29 is 5.11 Å². The van der Waals surface area contributed by atoms with Gasteiger partial charge in [-0.25, -0.2) is 0 Å². The van der Waals surface area contributed by atoms with Crippen LogP contribution in [0.3, 0.4) is 0 Å². The number of benzene rings is 1. The summed E-state index contributed by atoms with van der Waals surface area (Å²) in [5, 5.41) is 9.64. The minimum Gasteiger partial charge on any atom is -0.508 e. The fourth-order valence-electron chi connectivity index (χ4n) is 2.00. The van der Waals surface area contributed by atoms with E-state index in [1.54, 1.807) is 0 Å². The van der Waals surface area contributed by atoms with E-state index >= 15 is 0 Å². The van der Waals surface area contributed by atoms with Crippen LogP contribution in [0, 0.1) is 6.92 Å². The van der Waals surface area contributed by atoms with Crippen LogP contribution in [0.25, 0.3) is 0 Å². The molecule has 0 saturated carbocycles. The molecule has 0 amide bonds. The van der Waals surface area contributed by atoms with Crippen molar-refractivity contribution in [3.63, 3.8) is 0 Å². The van der Waals surface area contributed by atoms with Crippen molar-refractivity contribution in [2.75, 3.05) is 0 Å². The zero-order valence-corrected chi connectivity index (χ0v) is 7.43. The highest BCUT2D eigenvalue weighted by molar-refractivity contribution is 5.43. The van der Waals surface area contributed by atoms with Crippen molar-refractivity contribution in [3.05, 3.63) is 28.8 Å². The van der Waals surface area contributed by atoms with E-state index in [2.05, 4.69) is 6.07 Å². The monoisotopic (exact) mass is 162 g/mol. The number of hydrogen-bond donors (Lipinski definition) is 1. The average Bonchev–Trinajstić information content (AvgIpc) is 2.04. The van der Waals surface area contributed by atoms with E-state index in [0.717, 1.165) is 12.8 Å². The lowest BCUT2D eigenvalue weighted by atomic mass is 9.90. The quantitative estimate of drug-likeness (QED) is 0.621. The van der Waals surface area contributed by atoms with Gasteiger partial charge in [-0.1, -0.05) is 6.07 Å². The highest BCUT2D eigenvalue weighted by Crippen LogP contribution is 2.29. The largest absolute Gasteiger partial charge is 0.508 e. The van der Waals surface area contributed by atoms with Crippen molar-refractivity contribution >= 4 is 0 Å². The molecule has 12 heavy (non-hydrogen) atoms. The van der Waals surface area contributed by atoms with Gasteiger partial charge in [-0.05, 0) is 55.4 Å². The van der Waals surface area contributed by atoms with Gasteiger partial charge in [0.05, 0.1) is 0 Å². The lowest BCUT2D eigenvalue weighted by molar-refractivity contribution is 0.461. The number of phenols is 1. The molecule has 0 bridgehead atoms. The molecule has 0 aromatic heterocycles. The molecule has 1 aromatic carbocycles. The summed E-state index contributed by atoms with van der Waals surface area (Å²) in [6.07, 6.45) is 4.70. The zero-order chi connectivity index (χ0) is 8.55. The van der Waals surface area contributed by atoms with E-state index < -0.39 is 0 Å². The fraction of sp³-hybridized carbons (Fsp3) is 0.455. The van der Waals surface area contributed by atoms with Crippen LogP contribution in [0.2, 0.25) is 0 Å². The van der Waals surface area contributed by atoms with Crippen LogP contribution in [0.1, 0.15) is 29.5 Å². The summed E-state index contributed by atoms with van der Waals surface area (Å²) in [7, 11) is 0. The zero-order valence-electron chi connectivity index (χ0n) is 7.43. The molecular formula is C11H14O. The third-order valence-corrected chi connectivity index (χ3v) is 2.59. The Morgan fingerprint density at radius 3 is 2.75 bits per heavy atom. The molecule has 0 atom stereocenters. The number of phenolic OH excluding ortho intramolecular Hbond substituents is 1. The Kier molecular flexibility index (Phi) is 1.80. The van der Waals surface area contributed by atoms with Gasteiger partial charge >= 0.3 is 0 Å². The summed E-state index contributed by atoms with van der Waals surface area (Å²) < 4.78 is 0. The van der Waals surface area contributed by atoms with Gasteiger partial charge in [0.15, 0.2) is 0 Å². The molecule has 0 saturated heterocycles.